The van der Waals surface area contributed by atoms with Crippen LogP contribution < -0.4 is 5.32 Å². The number of nitrogens with one attached hydrogen (secondary N) is 1. The molecule has 1 aromatic carbocycles. The Morgan fingerprint density at radius 3 is 2.84 bits per heavy atom. The molecule has 4 nitrogen and oxygen atoms in total. The molecule has 0 aromatic heterocycles. The third-order valence-electron chi connectivity index (χ3n) is 3.16. The molecule has 1 saturated heterocycles. The van der Waals surface area contributed by atoms with Gasteiger partial charge in [0, 0.05) is 25.7 Å². The predicted molar refractivity (Wildman–Crippen MR) is 77.4 cm³/mol. The third kappa shape index (κ3) is 4.82. The molecular formula is C14H21ClN2O2. The summed E-state index contributed by atoms with van der Waals surface area (Å²) in [4.78, 5) is 13.9. The van der Waals surface area contributed by atoms with E-state index in [9.17, 15) is 4.79 Å². The van der Waals surface area contributed by atoms with Crippen LogP contribution in [0, 0.1) is 0 Å². The number of rotatable bonds is 4. The van der Waals surface area contributed by atoms with Crippen LogP contribution in [0.4, 0.5) is 0 Å². The minimum atomic E-state index is 0. The van der Waals surface area contributed by atoms with Crippen molar-refractivity contribution in [3.8, 4) is 0 Å². The number of ether oxygens (including phenoxy) is 1. The van der Waals surface area contributed by atoms with Crippen LogP contribution in [-0.2, 0) is 16.1 Å². The van der Waals surface area contributed by atoms with Crippen molar-refractivity contribution in [2.24, 2.45) is 0 Å². The molecule has 0 radical (unpaired) electrons. The summed E-state index contributed by atoms with van der Waals surface area (Å²) in [5.74, 6) is 0.0833. The molecule has 1 aliphatic rings. The van der Waals surface area contributed by atoms with E-state index in [1.807, 2.05) is 35.2 Å². The van der Waals surface area contributed by atoms with Crippen molar-refractivity contribution in [3.63, 3.8) is 0 Å². The lowest BCUT2D eigenvalue weighted by Crippen LogP contribution is -2.53. The van der Waals surface area contributed by atoms with Gasteiger partial charge >= 0.3 is 0 Å². The minimum absolute atomic E-state index is 0. The number of halogens is 1. The Hall–Kier alpha value is -1.10. The standard InChI is InChI=1S/C14H20N2O2.ClH/c1-12-9-15-7-8-16(12)14(17)11-18-10-13-5-3-2-4-6-13;/h2-6,12,15H,7-11H2,1H3;1H. The summed E-state index contributed by atoms with van der Waals surface area (Å²) in [6, 6.07) is 10.2. The van der Waals surface area contributed by atoms with Crippen molar-refractivity contribution in [1.29, 1.82) is 0 Å². The second-order valence-electron chi connectivity index (χ2n) is 4.62. The van der Waals surface area contributed by atoms with Crippen molar-refractivity contribution < 1.29 is 9.53 Å². The van der Waals surface area contributed by atoms with Crippen molar-refractivity contribution >= 4 is 18.3 Å². The molecule has 19 heavy (non-hydrogen) atoms. The van der Waals surface area contributed by atoms with Crippen molar-refractivity contribution in [2.75, 3.05) is 26.2 Å². The quantitative estimate of drug-likeness (QED) is 0.910. The van der Waals surface area contributed by atoms with Crippen LogP contribution in [0.1, 0.15) is 12.5 Å². The maximum absolute atomic E-state index is 12.0. The van der Waals surface area contributed by atoms with Gasteiger partial charge in [-0.2, -0.15) is 0 Å². The van der Waals surface area contributed by atoms with E-state index in [2.05, 4.69) is 12.2 Å². The molecule has 1 unspecified atom stereocenters. The maximum atomic E-state index is 12.0. The Kier molecular flexibility index (Phi) is 6.84. The highest BCUT2D eigenvalue weighted by Gasteiger charge is 2.22. The topological polar surface area (TPSA) is 41.6 Å². The van der Waals surface area contributed by atoms with Crippen LogP contribution in [0.15, 0.2) is 30.3 Å². The minimum Gasteiger partial charge on any atom is -0.367 e. The summed E-state index contributed by atoms with van der Waals surface area (Å²) in [6.07, 6.45) is 0. The zero-order chi connectivity index (χ0) is 12.8. The van der Waals surface area contributed by atoms with Crippen LogP contribution in [0.2, 0.25) is 0 Å². The first-order valence-corrected chi connectivity index (χ1v) is 6.39. The molecular weight excluding hydrogens is 264 g/mol. The van der Waals surface area contributed by atoms with E-state index >= 15 is 0 Å². The van der Waals surface area contributed by atoms with Gasteiger partial charge in [-0.25, -0.2) is 0 Å². The molecule has 106 valence electrons. The molecule has 1 aliphatic heterocycles. The van der Waals surface area contributed by atoms with E-state index < -0.39 is 0 Å². The lowest BCUT2D eigenvalue weighted by atomic mass is 10.2. The van der Waals surface area contributed by atoms with Crippen LogP contribution >= 0.6 is 12.4 Å². The van der Waals surface area contributed by atoms with Crippen LogP contribution in [0.25, 0.3) is 0 Å². The highest BCUT2D eigenvalue weighted by atomic mass is 35.5. The summed E-state index contributed by atoms with van der Waals surface area (Å²) in [5.41, 5.74) is 1.10. The molecule has 1 amide bonds. The molecule has 5 heteroatoms. The molecule has 0 bridgehead atoms. The van der Waals surface area contributed by atoms with Gasteiger partial charge in [-0.3, -0.25) is 4.79 Å². The van der Waals surface area contributed by atoms with E-state index in [0.717, 1.165) is 25.2 Å². The number of amides is 1. The molecule has 1 aromatic rings. The number of hydrogen-bond acceptors (Lipinski definition) is 3. The Labute approximate surface area is 120 Å². The smallest absolute Gasteiger partial charge is 0.248 e. The zero-order valence-corrected chi connectivity index (χ0v) is 12.0. The highest BCUT2D eigenvalue weighted by molar-refractivity contribution is 5.85. The van der Waals surface area contributed by atoms with Gasteiger partial charge in [0.05, 0.1) is 6.61 Å². The van der Waals surface area contributed by atoms with Gasteiger partial charge in [-0.15, -0.1) is 12.4 Å². The van der Waals surface area contributed by atoms with E-state index in [1.165, 1.54) is 0 Å². The lowest BCUT2D eigenvalue weighted by Gasteiger charge is -2.33. The van der Waals surface area contributed by atoms with Gasteiger partial charge in [-0.1, -0.05) is 30.3 Å². The second-order valence-corrected chi connectivity index (χ2v) is 4.62. The van der Waals surface area contributed by atoms with Gasteiger partial charge in [-0.05, 0) is 12.5 Å². The highest BCUT2D eigenvalue weighted by Crippen LogP contribution is 2.05. The SMILES string of the molecule is CC1CNCCN1C(=O)COCc1ccccc1.Cl. The Morgan fingerprint density at radius 2 is 2.16 bits per heavy atom. The molecule has 1 atom stereocenters. The zero-order valence-electron chi connectivity index (χ0n) is 11.2. The summed E-state index contributed by atoms with van der Waals surface area (Å²) in [5, 5.41) is 3.27. The van der Waals surface area contributed by atoms with Gasteiger partial charge in [0.25, 0.3) is 0 Å². The molecule has 0 spiro atoms. The summed E-state index contributed by atoms with van der Waals surface area (Å²) < 4.78 is 5.47. The molecule has 2 rings (SSSR count). The van der Waals surface area contributed by atoms with E-state index in [-0.39, 0.29) is 31.0 Å². The van der Waals surface area contributed by atoms with E-state index in [4.69, 9.17) is 4.74 Å². The largest absolute Gasteiger partial charge is 0.367 e. The molecule has 1 N–H and O–H groups in total. The van der Waals surface area contributed by atoms with Gasteiger partial charge in [0.2, 0.25) is 5.91 Å². The van der Waals surface area contributed by atoms with Crippen molar-refractivity contribution in [1.82, 2.24) is 10.2 Å². The summed E-state index contributed by atoms with van der Waals surface area (Å²) in [6.45, 7) is 5.22. The first-order chi connectivity index (χ1) is 8.77. The maximum Gasteiger partial charge on any atom is 0.248 e. The predicted octanol–water partition coefficient (Wildman–Crippen LogP) is 1.45. The van der Waals surface area contributed by atoms with Crippen LogP contribution in [0.3, 0.4) is 0 Å². The van der Waals surface area contributed by atoms with Gasteiger partial charge < -0.3 is 15.0 Å². The third-order valence-corrected chi connectivity index (χ3v) is 3.16. The summed E-state index contributed by atoms with van der Waals surface area (Å²) >= 11 is 0. The summed E-state index contributed by atoms with van der Waals surface area (Å²) in [7, 11) is 0. The number of piperazine rings is 1. The molecule has 1 fully saturated rings. The molecule has 0 aliphatic carbocycles. The number of hydrogen-bond donors (Lipinski definition) is 1. The Bertz CT molecular complexity index is 386. The first-order valence-electron chi connectivity index (χ1n) is 6.39. The average Bonchev–Trinajstić information content (AvgIpc) is 2.40. The van der Waals surface area contributed by atoms with Gasteiger partial charge in [0.15, 0.2) is 0 Å². The second kappa shape index (κ2) is 8.15. The van der Waals surface area contributed by atoms with Crippen LogP contribution in [0.5, 0.6) is 0 Å². The molecule has 0 saturated carbocycles. The molecule has 1 heterocycles. The van der Waals surface area contributed by atoms with E-state index in [0.29, 0.717) is 6.61 Å². The lowest BCUT2D eigenvalue weighted by molar-refractivity contribution is -0.139. The number of benzene rings is 1. The fourth-order valence-corrected chi connectivity index (χ4v) is 2.12. The van der Waals surface area contributed by atoms with Crippen LogP contribution in [-0.4, -0.2) is 43.1 Å². The van der Waals surface area contributed by atoms with Gasteiger partial charge in [0.1, 0.15) is 6.61 Å². The van der Waals surface area contributed by atoms with Crippen molar-refractivity contribution in [2.45, 2.75) is 19.6 Å². The number of carbonyl (C=O) groups is 1. The first kappa shape index (κ1) is 16.0. The Balaban J connectivity index is 0.00000180. The Morgan fingerprint density at radius 1 is 1.42 bits per heavy atom. The monoisotopic (exact) mass is 284 g/mol. The van der Waals surface area contributed by atoms with Crippen molar-refractivity contribution in [3.05, 3.63) is 35.9 Å². The number of carbonyl (C=O) groups excluding carboxylic acids is 1. The normalized spacial score (nSPS) is 18.8. The number of nitrogens with zero attached hydrogens (tertiary/aromatic N) is 1. The average molecular weight is 285 g/mol. The van der Waals surface area contributed by atoms with E-state index in [1.54, 1.807) is 0 Å². The fourth-order valence-electron chi connectivity index (χ4n) is 2.12. The fraction of sp³-hybridized carbons (Fsp3) is 0.500.